The molecular formula is C19H22N2O5S2. The SMILES string of the molecule is COc1cc(NS(=O)(=O)c2ccc3c(c2)N(C(C)=O)C[C@H](C)S3)cc(OC)c1. The van der Waals surface area contributed by atoms with Gasteiger partial charge in [0, 0.05) is 41.8 Å². The molecule has 0 bridgehead atoms. The van der Waals surface area contributed by atoms with Gasteiger partial charge in [0.05, 0.1) is 30.5 Å². The molecule has 28 heavy (non-hydrogen) atoms. The van der Waals surface area contributed by atoms with E-state index in [1.165, 1.54) is 27.2 Å². The molecule has 1 heterocycles. The molecule has 2 aromatic rings. The van der Waals surface area contributed by atoms with Crippen LogP contribution in [0.2, 0.25) is 0 Å². The molecule has 0 unspecified atom stereocenters. The molecule has 1 atom stereocenters. The van der Waals surface area contributed by atoms with Gasteiger partial charge >= 0.3 is 0 Å². The van der Waals surface area contributed by atoms with Crippen molar-refractivity contribution >= 4 is 39.1 Å². The molecule has 9 heteroatoms. The number of amides is 1. The fraction of sp³-hybridized carbons (Fsp3) is 0.316. The van der Waals surface area contributed by atoms with Gasteiger partial charge in [-0.2, -0.15) is 0 Å². The van der Waals surface area contributed by atoms with Crippen molar-refractivity contribution in [2.24, 2.45) is 0 Å². The number of hydrogen-bond acceptors (Lipinski definition) is 6. The van der Waals surface area contributed by atoms with E-state index in [1.54, 1.807) is 47.0 Å². The van der Waals surface area contributed by atoms with E-state index in [9.17, 15) is 13.2 Å². The molecule has 150 valence electrons. The fourth-order valence-electron chi connectivity index (χ4n) is 2.96. The zero-order chi connectivity index (χ0) is 20.5. The lowest BCUT2D eigenvalue weighted by atomic mass is 10.2. The first-order valence-corrected chi connectivity index (χ1v) is 10.9. The zero-order valence-electron chi connectivity index (χ0n) is 16.1. The first kappa shape index (κ1) is 20.3. The highest BCUT2D eigenvalue weighted by Crippen LogP contribution is 2.40. The average Bonchev–Trinajstić information content (AvgIpc) is 2.65. The predicted octanol–water partition coefficient (Wildman–Crippen LogP) is 3.35. The quantitative estimate of drug-likeness (QED) is 0.795. The third-order valence-corrected chi connectivity index (χ3v) is 6.81. The largest absolute Gasteiger partial charge is 0.497 e. The molecule has 0 saturated heterocycles. The Morgan fingerprint density at radius 1 is 1.14 bits per heavy atom. The fourth-order valence-corrected chi connectivity index (χ4v) is 5.12. The lowest BCUT2D eigenvalue weighted by Crippen LogP contribution is -2.37. The van der Waals surface area contributed by atoms with Gasteiger partial charge < -0.3 is 14.4 Å². The summed E-state index contributed by atoms with van der Waals surface area (Å²) in [5.41, 5.74) is 0.932. The van der Waals surface area contributed by atoms with Crippen molar-refractivity contribution in [1.82, 2.24) is 0 Å². The molecule has 7 nitrogen and oxygen atoms in total. The summed E-state index contributed by atoms with van der Waals surface area (Å²) in [7, 11) is -0.885. The van der Waals surface area contributed by atoms with E-state index in [2.05, 4.69) is 4.72 Å². The van der Waals surface area contributed by atoms with E-state index < -0.39 is 10.0 Å². The van der Waals surface area contributed by atoms with Gasteiger partial charge in [-0.05, 0) is 18.2 Å². The monoisotopic (exact) mass is 422 g/mol. The molecule has 0 fully saturated rings. The van der Waals surface area contributed by atoms with Crippen LogP contribution in [0.5, 0.6) is 11.5 Å². The number of methoxy groups -OCH3 is 2. The van der Waals surface area contributed by atoms with Crippen molar-refractivity contribution in [3.63, 3.8) is 0 Å². The van der Waals surface area contributed by atoms with Crippen LogP contribution in [-0.2, 0) is 14.8 Å². The van der Waals surface area contributed by atoms with Gasteiger partial charge in [0.25, 0.3) is 10.0 Å². The van der Waals surface area contributed by atoms with Crippen LogP contribution >= 0.6 is 11.8 Å². The molecular weight excluding hydrogens is 400 g/mol. The van der Waals surface area contributed by atoms with Gasteiger partial charge in [0.2, 0.25) is 5.91 Å². The van der Waals surface area contributed by atoms with Gasteiger partial charge in [-0.3, -0.25) is 9.52 Å². The minimum atomic E-state index is -3.87. The maximum absolute atomic E-state index is 12.9. The number of rotatable bonds is 5. The predicted molar refractivity (Wildman–Crippen MR) is 110 cm³/mol. The molecule has 0 radical (unpaired) electrons. The third kappa shape index (κ3) is 4.20. The van der Waals surface area contributed by atoms with Crippen LogP contribution in [0.4, 0.5) is 11.4 Å². The standard InChI is InChI=1S/C19H22N2O5S2/c1-12-11-21(13(2)22)18-10-17(5-6-19(18)27-12)28(23,24)20-14-7-15(25-3)9-16(8-14)26-4/h5-10,12,20H,11H2,1-4H3/t12-/m0/s1. The van der Waals surface area contributed by atoms with Crippen molar-refractivity contribution < 1.29 is 22.7 Å². The number of carbonyl (C=O) groups is 1. The molecule has 0 aromatic heterocycles. The topological polar surface area (TPSA) is 84.9 Å². The lowest BCUT2D eigenvalue weighted by Gasteiger charge is -2.32. The second-order valence-corrected chi connectivity index (χ2v) is 9.56. The summed E-state index contributed by atoms with van der Waals surface area (Å²) in [6.45, 7) is 4.05. The third-order valence-electron chi connectivity index (χ3n) is 4.28. The minimum Gasteiger partial charge on any atom is -0.497 e. The summed E-state index contributed by atoms with van der Waals surface area (Å²) in [5, 5.41) is 0.237. The van der Waals surface area contributed by atoms with Crippen molar-refractivity contribution in [2.75, 3.05) is 30.4 Å². The number of benzene rings is 2. The summed E-state index contributed by atoms with van der Waals surface area (Å²) >= 11 is 1.62. The Balaban J connectivity index is 1.97. The van der Waals surface area contributed by atoms with Crippen LogP contribution in [0.3, 0.4) is 0 Å². The number of nitrogens with zero attached hydrogens (tertiary/aromatic N) is 1. The van der Waals surface area contributed by atoms with E-state index in [0.717, 1.165) is 4.90 Å². The van der Waals surface area contributed by atoms with Gasteiger partial charge in [-0.25, -0.2) is 8.42 Å². The molecule has 1 aliphatic heterocycles. The van der Waals surface area contributed by atoms with Gasteiger partial charge in [0.1, 0.15) is 11.5 Å². The Hall–Kier alpha value is -2.39. The van der Waals surface area contributed by atoms with Crippen molar-refractivity contribution in [2.45, 2.75) is 28.9 Å². The van der Waals surface area contributed by atoms with Crippen molar-refractivity contribution in [3.05, 3.63) is 36.4 Å². The highest BCUT2D eigenvalue weighted by molar-refractivity contribution is 8.00. The van der Waals surface area contributed by atoms with E-state index in [1.807, 2.05) is 6.92 Å². The van der Waals surface area contributed by atoms with E-state index in [0.29, 0.717) is 29.4 Å². The van der Waals surface area contributed by atoms with Crippen LogP contribution in [0.15, 0.2) is 46.2 Å². The summed E-state index contributed by atoms with van der Waals surface area (Å²) in [4.78, 5) is 14.6. The minimum absolute atomic E-state index is 0.0782. The maximum atomic E-state index is 12.9. The van der Waals surface area contributed by atoms with Crippen LogP contribution in [0.25, 0.3) is 0 Å². The molecule has 0 saturated carbocycles. The van der Waals surface area contributed by atoms with E-state index >= 15 is 0 Å². The van der Waals surface area contributed by atoms with Crippen molar-refractivity contribution in [1.29, 1.82) is 0 Å². The second kappa shape index (κ2) is 7.92. The Morgan fingerprint density at radius 2 is 1.79 bits per heavy atom. The Bertz CT molecular complexity index is 985. The summed E-state index contributed by atoms with van der Waals surface area (Å²) in [5.74, 6) is 0.819. The highest BCUT2D eigenvalue weighted by atomic mass is 32.2. The van der Waals surface area contributed by atoms with Gasteiger partial charge in [-0.15, -0.1) is 11.8 Å². The van der Waals surface area contributed by atoms with Crippen LogP contribution in [0, 0.1) is 0 Å². The number of ether oxygens (including phenoxy) is 2. The zero-order valence-corrected chi connectivity index (χ0v) is 17.7. The number of carbonyl (C=O) groups excluding carboxylic acids is 1. The summed E-state index contributed by atoms with van der Waals surface area (Å²) in [6.07, 6.45) is 0. The molecule has 1 N–H and O–H groups in total. The number of nitrogens with one attached hydrogen (secondary N) is 1. The lowest BCUT2D eigenvalue weighted by molar-refractivity contribution is -0.116. The van der Waals surface area contributed by atoms with E-state index in [4.69, 9.17) is 9.47 Å². The van der Waals surface area contributed by atoms with Gasteiger partial charge in [-0.1, -0.05) is 6.92 Å². The van der Waals surface area contributed by atoms with E-state index in [-0.39, 0.29) is 16.1 Å². The number of fused-ring (bicyclic) bond motifs is 1. The Labute approximate surface area is 169 Å². The highest BCUT2D eigenvalue weighted by Gasteiger charge is 2.27. The normalized spacial score (nSPS) is 16.3. The molecule has 1 aliphatic rings. The summed E-state index contributed by atoms with van der Waals surface area (Å²) in [6, 6.07) is 9.61. The van der Waals surface area contributed by atoms with Crippen LogP contribution in [-0.4, -0.2) is 40.3 Å². The molecule has 1 amide bonds. The first-order chi connectivity index (χ1) is 13.2. The maximum Gasteiger partial charge on any atom is 0.261 e. The van der Waals surface area contributed by atoms with Crippen LogP contribution in [0.1, 0.15) is 13.8 Å². The first-order valence-electron chi connectivity index (χ1n) is 8.58. The van der Waals surface area contributed by atoms with Crippen molar-refractivity contribution in [3.8, 4) is 11.5 Å². The Kier molecular flexibility index (Phi) is 5.76. The molecule has 0 aliphatic carbocycles. The second-order valence-electron chi connectivity index (χ2n) is 6.39. The Morgan fingerprint density at radius 3 is 2.36 bits per heavy atom. The average molecular weight is 423 g/mol. The molecule has 2 aromatic carbocycles. The smallest absolute Gasteiger partial charge is 0.261 e. The molecule has 0 spiro atoms. The summed E-state index contributed by atoms with van der Waals surface area (Å²) < 4.78 is 38.8. The molecule has 3 rings (SSSR count). The van der Waals surface area contributed by atoms with Crippen LogP contribution < -0.4 is 19.1 Å². The number of sulfonamides is 1. The number of thioether (sulfide) groups is 1. The number of anilines is 2. The number of hydrogen-bond donors (Lipinski definition) is 1. The van der Waals surface area contributed by atoms with Gasteiger partial charge in [0.15, 0.2) is 0 Å².